The van der Waals surface area contributed by atoms with E-state index >= 15 is 0 Å². The first-order valence-electron chi connectivity index (χ1n) is 17.5. The van der Waals surface area contributed by atoms with Crippen LogP contribution in [0.2, 0.25) is 0 Å². The fourth-order valence-electron chi connectivity index (χ4n) is 6.32. The highest BCUT2D eigenvalue weighted by molar-refractivity contribution is 7.91. The van der Waals surface area contributed by atoms with Gasteiger partial charge in [0.15, 0.2) is 0 Å². The van der Waals surface area contributed by atoms with Gasteiger partial charge in [-0.25, -0.2) is 18.0 Å². The van der Waals surface area contributed by atoms with Crippen molar-refractivity contribution in [3.8, 4) is 0 Å². The van der Waals surface area contributed by atoms with Crippen LogP contribution in [0.5, 0.6) is 0 Å². The zero-order chi connectivity index (χ0) is 38.1. The summed E-state index contributed by atoms with van der Waals surface area (Å²) >= 11 is 0. The van der Waals surface area contributed by atoms with Gasteiger partial charge in [0, 0.05) is 12.3 Å². The number of benzene rings is 1. The molecule has 2 aliphatic carbocycles. The van der Waals surface area contributed by atoms with E-state index in [1.54, 1.807) is 41.5 Å². The Kier molecular flexibility index (Phi) is 11.5. The van der Waals surface area contributed by atoms with Crippen LogP contribution in [0, 0.1) is 11.3 Å². The number of hydrogen-bond acceptors (Lipinski definition) is 9. The molecule has 14 nitrogen and oxygen atoms in total. The Bertz CT molecular complexity index is 1640. The lowest BCUT2D eigenvalue weighted by atomic mass is 9.85. The van der Waals surface area contributed by atoms with Gasteiger partial charge >= 0.3 is 12.2 Å². The highest BCUT2D eigenvalue weighted by Gasteiger charge is 2.62. The zero-order valence-electron chi connectivity index (χ0n) is 30.9. The minimum atomic E-state index is -3.92. The molecule has 1 saturated heterocycles. The van der Waals surface area contributed by atoms with Crippen LogP contribution in [-0.4, -0.2) is 84.3 Å². The zero-order valence-corrected chi connectivity index (χ0v) is 31.7. The van der Waals surface area contributed by atoms with Crippen molar-refractivity contribution >= 4 is 45.6 Å². The number of carbonyl (C=O) groups excluding carboxylic acids is 5. The largest absolute Gasteiger partial charge is 0.444 e. The Morgan fingerprint density at radius 3 is 2.12 bits per heavy atom. The van der Waals surface area contributed by atoms with Crippen LogP contribution in [0.25, 0.3) is 0 Å². The molecule has 4 N–H and O–H groups in total. The van der Waals surface area contributed by atoms with Gasteiger partial charge in [0.05, 0.1) is 17.5 Å². The number of amides is 5. The molecule has 0 aromatic heterocycles. The Morgan fingerprint density at radius 2 is 1.63 bits per heavy atom. The molecular formula is C36H53N5O9S. The van der Waals surface area contributed by atoms with Crippen LogP contribution >= 0.6 is 0 Å². The smallest absolute Gasteiger partial charge is 0.411 e. The molecule has 15 heteroatoms. The molecule has 5 amide bonds. The number of sulfonamides is 1. The summed E-state index contributed by atoms with van der Waals surface area (Å²) in [6.07, 6.45) is 1.13. The van der Waals surface area contributed by atoms with E-state index in [4.69, 9.17) is 9.47 Å². The van der Waals surface area contributed by atoms with Crippen LogP contribution < -0.4 is 20.7 Å². The number of likely N-dealkylation sites (tertiary alicyclic amines) is 1. The molecule has 282 valence electrons. The fourth-order valence-corrected chi connectivity index (χ4v) is 7.68. The SMILES string of the molecule is C=CC1C[C@]1(NC(=O)[C@@H]1C[C@@H](OC(=O)Nc2c(CC)cccc2CC)CN1C(=O)[C@@H](NC(=O)OC(C)(C)C)C(C)(C)C)C(=O)NS(=O)(=O)C1CC1. The number of carbonyl (C=O) groups is 5. The predicted octanol–water partition coefficient (Wildman–Crippen LogP) is 3.94. The number of alkyl carbamates (subject to hydrolysis) is 1. The highest BCUT2D eigenvalue weighted by atomic mass is 32.2. The van der Waals surface area contributed by atoms with Gasteiger partial charge in [0.1, 0.15) is 29.3 Å². The third-order valence-corrected chi connectivity index (χ3v) is 11.2. The first-order valence-corrected chi connectivity index (χ1v) is 19.1. The molecule has 0 radical (unpaired) electrons. The van der Waals surface area contributed by atoms with Gasteiger partial charge < -0.3 is 25.0 Å². The maximum absolute atomic E-state index is 14.3. The standard InChI is InChI=1S/C36H53N5O9S/c1-10-21-14-13-15-22(11-2)27(21)37-32(45)49-24-18-26(41(20-24)30(43)28(34(4,5)6)38-33(46)50-35(7,8)9)29(42)39-36(19-23(36)12-3)31(44)40-51(47,48)25-16-17-25/h12-15,23-26,28H,3,10-11,16-20H2,1-2,4-9H3,(H,37,45)(H,38,46)(H,39,42)(H,40,44)/t23?,24-,26+,28-,36-/m1/s1. The molecular weight excluding hydrogens is 678 g/mol. The molecule has 3 fully saturated rings. The van der Waals surface area contributed by atoms with Gasteiger partial charge in [0.25, 0.3) is 5.91 Å². The first-order chi connectivity index (χ1) is 23.7. The molecule has 4 rings (SSSR count). The van der Waals surface area contributed by atoms with Crippen LogP contribution in [0.1, 0.15) is 92.2 Å². The molecule has 1 aliphatic heterocycles. The van der Waals surface area contributed by atoms with E-state index in [1.165, 1.54) is 11.0 Å². The molecule has 3 aliphatic rings. The van der Waals surface area contributed by atoms with E-state index in [9.17, 15) is 32.4 Å². The number of anilines is 1. The normalized spacial score (nSPS) is 23.8. The van der Waals surface area contributed by atoms with E-state index < -0.39 is 85.8 Å². The summed E-state index contributed by atoms with van der Waals surface area (Å²) < 4.78 is 38.6. The van der Waals surface area contributed by atoms with E-state index in [0.29, 0.717) is 31.4 Å². The van der Waals surface area contributed by atoms with Crippen LogP contribution in [-0.2, 0) is 46.7 Å². The van der Waals surface area contributed by atoms with Gasteiger partial charge in [-0.1, -0.05) is 58.9 Å². The van der Waals surface area contributed by atoms with Gasteiger partial charge in [-0.15, -0.1) is 6.58 Å². The Hall–Kier alpha value is -4.14. The first kappa shape index (κ1) is 39.6. The van der Waals surface area contributed by atoms with Crippen molar-refractivity contribution in [1.82, 2.24) is 20.3 Å². The number of aryl methyl sites for hydroxylation is 2. The quantitative estimate of drug-likeness (QED) is 0.231. The minimum Gasteiger partial charge on any atom is -0.444 e. The molecule has 51 heavy (non-hydrogen) atoms. The number of hydrogen-bond donors (Lipinski definition) is 4. The Balaban J connectivity index is 1.61. The molecule has 2 saturated carbocycles. The van der Waals surface area contributed by atoms with E-state index in [-0.39, 0.29) is 19.4 Å². The Morgan fingerprint density at radius 1 is 1.02 bits per heavy atom. The van der Waals surface area contributed by atoms with E-state index in [1.807, 2.05) is 32.0 Å². The maximum Gasteiger partial charge on any atom is 0.411 e. The van der Waals surface area contributed by atoms with Crippen molar-refractivity contribution in [2.24, 2.45) is 11.3 Å². The fraction of sp³-hybridized carbons (Fsp3) is 0.639. The summed E-state index contributed by atoms with van der Waals surface area (Å²) in [4.78, 5) is 69.3. The molecule has 1 aromatic carbocycles. The molecule has 1 aromatic rings. The second-order valence-electron chi connectivity index (χ2n) is 15.7. The number of ether oxygens (including phenoxy) is 2. The minimum absolute atomic E-state index is 0.110. The Labute approximate surface area is 300 Å². The number of nitrogens with one attached hydrogen (secondary N) is 4. The topological polar surface area (TPSA) is 189 Å². The molecule has 5 atom stereocenters. The average molecular weight is 732 g/mol. The third kappa shape index (κ3) is 9.40. The summed E-state index contributed by atoms with van der Waals surface area (Å²) in [5, 5.41) is 7.56. The monoisotopic (exact) mass is 731 g/mol. The van der Waals surface area contributed by atoms with Crippen LogP contribution in [0.4, 0.5) is 15.3 Å². The van der Waals surface area contributed by atoms with Gasteiger partial charge in [-0.05, 0) is 69.4 Å². The van der Waals surface area contributed by atoms with Gasteiger partial charge in [-0.2, -0.15) is 0 Å². The van der Waals surface area contributed by atoms with Gasteiger partial charge in [0.2, 0.25) is 21.8 Å². The molecule has 0 bridgehead atoms. The second kappa shape index (κ2) is 14.8. The van der Waals surface area contributed by atoms with E-state index in [0.717, 1.165) is 11.1 Å². The molecule has 1 unspecified atom stereocenters. The lowest BCUT2D eigenvalue weighted by molar-refractivity contribution is -0.143. The maximum atomic E-state index is 14.3. The number of nitrogens with zero attached hydrogens (tertiary/aromatic N) is 1. The van der Waals surface area contributed by atoms with Gasteiger partial charge in [-0.3, -0.25) is 24.4 Å². The van der Waals surface area contributed by atoms with E-state index in [2.05, 4.69) is 27.3 Å². The van der Waals surface area contributed by atoms with Crippen molar-refractivity contribution in [3.63, 3.8) is 0 Å². The van der Waals surface area contributed by atoms with Crippen molar-refractivity contribution in [1.29, 1.82) is 0 Å². The molecule has 0 spiro atoms. The van der Waals surface area contributed by atoms with Crippen molar-refractivity contribution in [2.45, 2.75) is 128 Å². The number of para-hydroxylation sites is 1. The van der Waals surface area contributed by atoms with Crippen LogP contribution in [0.3, 0.4) is 0 Å². The lowest BCUT2D eigenvalue weighted by Crippen LogP contribution is -2.60. The predicted molar refractivity (Wildman–Crippen MR) is 191 cm³/mol. The summed E-state index contributed by atoms with van der Waals surface area (Å²) in [5.74, 6) is -2.80. The second-order valence-corrected chi connectivity index (χ2v) is 17.6. The number of rotatable bonds is 12. The molecule has 1 heterocycles. The average Bonchev–Trinajstić information content (AvgIpc) is 3.95. The lowest BCUT2D eigenvalue weighted by Gasteiger charge is -2.36. The highest BCUT2D eigenvalue weighted by Crippen LogP contribution is 2.45. The van der Waals surface area contributed by atoms with Crippen LogP contribution in [0.15, 0.2) is 30.9 Å². The summed E-state index contributed by atoms with van der Waals surface area (Å²) in [7, 11) is -3.92. The summed E-state index contributed by atoms with van der Waals surface area (Å²) in [5.41, 5.74) is -0.818. The summed E-state index contributed by atoms with van der Waals surface area (Å²) in [6.45, 7) is 17.8. The van der Waals surface area contributed by atoms with Crippen molar-refractivity contribution in [3.05, 3.63) is 42.0 Å². The van der Waals surface area contributed by atoms with Crippen molar-refractivity contribution in [2.75, 3.05) is 11.9 Å². The van der Waals surface area contributed by atoms with Crippen molar-refractivity contribution < 1.29 is 41.9 Å². The summed E-state index contributed by atoms with van der Waals surface area (Å²) in [6, 6.07) is 3.32. The third-order valence-electron chi connectivity index (χ3n) is 9.37.